The number of aliphatic carboxylic acids is 1. The van der Waals surface area contributed by atoms with E-state index >= 15 is 0 Å². The Hall–Kier alpha value is -2.90. The standard InChI is InChI=1S/C25H30N2O5.ClH/c1-3-32-25(31)21(15-13-18-9-5-4-6-10-18)26-20-16-14-19-11-7-8-12-22(19)27(23(20)28)17(2)24(29)30;/h4-12,17,20-21,26H,3,13-16H2,1-2H3,(H,29,30);1H. The Kier molecular flexibility index (Phi) is 9.88. The van der Waals surface area contributed by atoms with Crippen LogP contribution in [-0.4, -0.2) is 47.7 Å². The number of amides is 1. The van der Waals surface area contributed by atoms with Crippen LogP contribution in [0.4, 0.5) is 5.69 Å². The molecule has 2 aromatic rings. The largest absolute Gasteiger partial charge is 0.480 e. The van der Waals surface area contributed by atoms with E-state index in [1.165, 1.54) is 11.8 Å². The van der Waals surface area contributed by atoms with Crippen LogP contribution in [0.25, 0.3) is 0 Å². The summed E-state index contributed by atoms with van der Waals surface area (Å²) in [6.07, 6.45) is 2.17. The number of esters is 1. The first-order chi connectivity index (χ1) is 15.4. The molecule has 8 heteroatoms. The average Bonchev–Trinajstić information content (AvgIpc) is 2.93. The number of nitrogens with zero attached hydrogens (tertiary/aromatic N) is 1. The molecular formula is C25H31ClN2O5. The highest BCUT2D eigenvalue weighted by molar-refractivity contribution is 6.03. The molecule has 0 spiro atoms. The second-order valence-electron chi connectivity index (χ2n) is 7.94. The number of anilines is 1. The number of benzene rings is 2. The van der Waals surface area contributed by atoms with Crippen molar-refractivity contribution in [3.05, 3.63) is 65.7 Å². The van der Waals surface area contributed by atoms with Gasteiger partial charge in [0.1, 0.15) is 12.1 Å². The maximum absolute atomic E-state index is 13.5. The maximum atomic E-state index is 13.5. The summed E-state index contributed by atoms with van der Waals surface area (Å²) < 4.78 is 5.25. The number of hydrogen-bond donors (Lipinski definition) is 2. The van der Waals surface area contributed by atoms with Crippen molar-refractivity contribution < 1.29 is 24.2 Å². The van der Waals surface area contributed by atoms with Crippen LogP contribution in [0.3, 0.4) is 0 Å². The van der Waals surface area contributed by atoms with Gasteiger partial charge in [-0.25, -0.2) is 4.79 Å². The molecular weight excluding hydrogens is 444 g/mol. The summed E-state index contributed by atoms with van der Waals surface area (Å²) in [5.41, 5.74) is 2.60. The lowest BCUT2D eigenvalue weighted by molar-refractivity contribution is -0.146. The molecule has 3 rings (SSSR count). The second kappa shape index (κ2) is 12.4. The molecule has 2 N–H and O–H groups in total. The number of hydrogen-bond acceptors (Lipinski definition) is 5. The number of carboxylic acid groups (broad SMARTS) is 1. The summed E-state index contributed by atoms with van der Waals surface area (Å²) >= 11 is 0. The van der Waals surface area contributed by atoms with Crippen molar-refractivity contribution in [2.24, 2.45) is 0 Å². The van der Waals surface area contributed by atoms with E-state index in [2.05, 4.69) is 5.32 Å². The van der Waals surface area contributed by atoms with E-state index in [1.54, 1.807) is 19.1 Å². The van der Waals surface area contributed by atoms with Gasteiger partial charge in [0, 0.05) is 5.69 Å². The minimum atomic E-state index is -1.08. The Morgan fingerprint density at radius 1 is 1.15 bits per heavy atom. The quantitative estimate of drug-likeness (QED) is 0.541. The van der Waals surface area contributed by atoms with E-state index in [-0.39, 0.29) is 24.9 Å². The third-order valence-electron chi connectivity index (χ3n) is 5.77. The van der Waals surface area contributed by atoms with Crippen molar-refractivity contribution >= 4 is 35.9 Å². The molecule has 0 aromatic heterocycles. The van der Waals surface area contributed by atoms with Crippen LogP contribution in [0.15, 0.2) is 54.6 Å². The van der Waals surface area contributed by atoms with Gasteiger partial charge in [-0.1, -0.05) is 48.5 Å². The molecule has 0 bridgehead atoms. The summed E-state index contributed by atoms with van der Waals surface area (Å²) in [6.45, 7) is 3.49. The van der Waals surface area contributed by atoms with Crippen LogP contribution in [0.5, 0.6) is 0 Å². The molecule has 178 valence electrons. The van der Waals surface area contributed by atoms with Crippen LogP contribution in [-0.2, 0) is 32.0 Å². The molecule has 3 unspecified atom stereocenters. The number of ether oxygens (including phenoxy) is 1. The number of nitrogens with one attached hydrogen (secondary N) is 1. The number of carboxylic acids is 1. The van der Waals surface area contributed by atoms with E-state index in [0.29, 0.717) is 31.4 Å². The summed E-state index contributed by atoms with van der Waals surface area (Å²) in [5, 5.41) is 12.8. The Balaban J connectivity index is 0.00000385. The highest BCUT2D eigenvalue weighted by atomic mass is 35.5. The number of halogens is 1. The first-order valence-electron chi connectivity index (χ1n) is 11.0. The van der Waals surface area contributed by atoms with E-state index < -0.39 is 30.1 Å². The van der Waals surface area contributed by atoms with E-state index in [1.807, 2.05) is 42.5 Å². The van der Waals surface area contributed by atoms with Gasteiger partial charge in [0.15, 0.2) is 0 Å². The lowest BCUT2D eigenvalue weighted by Crippen LogP contribution is -2.55. The fraction of sp³-hybridized carbons (Fsp3) is 0.400. The van der Waals surface area contributed by atoms with Gasteiger partial charge in [-0.05, 0) is 56.7 Å². The van der Waals surface area contributed by atoms with E-state index in [9.17, 15) is 19.5 Å². The van der Waals surface area contributed by atoms with Crippen LogP contribution < -0.4 is 10.2 Å². The summed E-state index contributed by atoms with van der Waals surface area (Å²) in [7, 11) is 0. The number of carbonyl (C=O) groups is 3. The van der Waals surface area contributed by atoms with Gasteiger partial charge in [-0.15, -0.1) is 12.4 Å². The Bertz CT molecular complexity index is 953. The molecule has 33 heavy (non-hydrogen) atoms. The fourth-order valence-electron chi connectivity index (χ4n) is 4.04. The number of carbonyl (C=O) groups excluding carboxylic acids is 2. The number of fused-ring (bicyclic) bond motifs is 1. The first kappa shape index (κ1) is 26.4. The molecule has 0 aliphatic carbocycles. The normalized spacial score (nSPS) is 17.2. The molecule has 0 fully saturated rings. The van der Waals surface area contributed by atoms with E-state index in [0.717, 1.165) is 11.1 Å². The van der Waals surface area contributed by atoms with Crippen molar-refractivity contribution in [1.82, 2.24) is 5.32 Å². The summed E-state index contributed by atoms with van der Waals surface area (Å²) in [6, 6.07) is 14.8. The zero-order chi connectivity index (χ0) is 23.1. The summed E-state index contributed by atoms with van der Waals surface area (Å²) in [4.78, 5) is 39.3. The lowest BCUT2D eigenvalue weighted by atomic mass is 10.0. The molecule has 1 heterocycles. The molecule has 1 amide bonds. The molecule has 7 nitrogen and oxygen atoms in total. The smallest absolute Gasteiger partial charge is 0.326 e. The highest BCUT2D eigenvalue weighted by Gasteiger charge is 2.37. The highest BCUT2D eigenvalue weighted by Crippen LogP contribution is 2.29. The predicted molar refractivity (Wildman–Crippen MR) is 129 cm³/mol. The maximum Gasteiger partial charge on any atom is 0.326 e. The van der Waals surface area contributed by atoms with Crippen molar-refractivity contribution in [1.29, 1.82) is 0 Å². The molecule has 2 aromatic carbocycles. The van der Waals surface area contributed by atoms with Crippen molar-refractivity contribution in [3.63, 3.8) is 0 Å². The van der Waals surface area contributed by atoms with E-state index in [4.69, 9.17) is 4.74 Å². The van der Waals surface area contributed by atoms with Gasteiger partial charge in [-0.2, -0.15) is 0 Å². The van der Waals surface area contributed by atoms with Crippen LogP contribution >= 0.6 is 12.4 Å². The molecule has 1 aliphatic rings. The second-order valence-corrected chi connectivity index (χ2v) is 7.94. The number of rotatable bonds is 9. The van der Waals surface area contributed by atoms with Gasteiger partial charge >= 0.3 is 11.9 Å². The fourth-order valence-corrected chi connectivity index (χ4v) is 4.04. The number of para-hydroxylation sites is 1. The SMILES string of the molecule is CCOC(=O)C(CCc1ccccc1)NC1CCc2ccccc2N(C(C)C(=O)O)C1=O.Cl. The minimum absolute atomic E-state index is 0. The zero-order valence-corrected chi connectivity index (χ0v) is 19.7. The first-order valence-corrected chi connectivity index (χ1v) is 11.0. The van der Waals surface area contributed by atoms with Gasteiger partial charge < -0.3 is 9.84 Å². The van der Waals surface area contributed by atoms with Crippen LogP contribution in [0, 0.1) is 0 Å². The predicted octanol–water partition coefficient (Wildman–Crippen LogP) is 3.38. The Labute approximate surface area is 200 Å². The molecule has 1 aliphatic heterocycles. The van der Waals surface area contributed by atoms with Gasteiger partial charge in [0.2, 0.25) is 5.91 Å². The number of aryl methyl sites for hydroxylation is 2. The molecule has 3 atom stereocenters. The van der Waals surface area contributed by atoms with Crippen LogP contribution in [0.2, 0.25) is 0 Å². The van der Waals surface area contributed by atoms with Gasteiger partial charge in [-0.3, -0.25) is 19.8 Å². The molecule has 0 radical (unpaired) electrons. The van der Waals surface area contributed by atoms with Crippen molar-refractivity contribution in [3.8, 4) is 0 Å². The van der Waals surface area contributed by atoms with Crippen LogP contribution in [0.1, 0.15) is 37.8 Å². The van der Waals surface area contributed by atoms with Gasteiger partial charge in [0.25, 0.3) is 0 Å². The summed E-state index contributed by atoms with van der Waals surface area (Å²) in [5.74, 6) is -1.84. The average molecular weight is 475 g/mol. The van der Waals surface area contributed by atoms with Gasteiger partial charge in [0.05, 0.1) is 12.6 Å². The van der Waals surface area contributed by atoms with Crippen molar-refractivity contribution in [2.45, 2.75) is 57.7 Å². The Morgan fingerprint density at radius 3 is 2.48 bits per heavy atom. The molecule has 0 saturated heterocycles. The zero-order valence-electron chi connectivity index (χ0n) is 18.9. The third kappa shape index (κ3) is 6.55. The lowest BCUT2D eigenvalue weighted by Gasteiger charge is -2.30. The van der Waals surface area contributed by atoms with Crippen molar-refractivity contribution in [2.75, 3.05) is 11.5 Å². The monoisotopic (exact) mass is 474 g/mol. The third-order valence-corrected chi connectivity index (χ3v) is 5.77. The molecule has 0 saturated carbocycles. The topological polar surface area (TPSA) is 95.9 Å². The minimum Gasteiger partial charge on any atom is -0.480 e. The Morgan fingerprint density at radius 2 is 1.82 bits per heavy atom.